The van der Waals surface area contributed by atoms with E-state index in [4.69, 9.17) is 0 Å². The van der Waals surface area contributed by atoms with Crippen LogP contribution >= 0.6 is 0 Å². The number of halogens is 3. The van der Waals surface area contributed by atoms with E-state index in [0.717, 1.165) is 14.8 Å². The lowest BCUT2D eigenvalue weighted by Gasteiger charge is -2.23. The van der Waals surface area contributed by atoms with Crippen molar-refractivity contribution in [2.24, 2.45) is 0 Å². The molecule has 0 aliphatic rings. The predicted molar refractivity (Wildman–Crippen MR) is 105 cm³/mol. The van der Waals surface area contributed by atoms with Crippen molar-refractivity contribution in [1.29, 1.82) is 0 Å². The summed E-state index contributed by atoms with van der Waals surface area (Å²) in [7, 11) is -2.38. The summed E-state index contributed by atoms with van der Waals surface area (Å²) in [5.41, 5.74) is 1.46. The van der Waals surface area contributed by atoms with Crippen molar-refractivity contribution < 1.29 is 26.4 Å². The van der Waals surface area contributed by atoms with Gasteiger partial charge in [0.2, 0.25) is 0 Å². The number of amides is 1. The smallest absolute Gasteiger partial charge is 0.339 e. The molecule has 0 saturated heterocycles. The molecule has 0 heterocycles. The molecule has 0 N–H and O–H groups in total. The molecule has 0 spiro atoms. The third-order valence-corrected chi connectivity index (χ3v) is 6.29. The highest BCUT2D eigenvalue weighted by atomic mass is 32.2. The fourth-order valence-corrected chi connectivity index (χ4v) is 3.86. The van der Waals surface area contributed by atoms with E-state index in [1.54, 1.807) is 19.1 Å². The maximum absolute atomic E-state index is 12.7. The Kier molecular flexibility index (Phi) is 6.94. The molecule has 0 bridgehead atoms. The summed E-state index contributed by atoms with van der Waals surface area (Å²) in [6.45, 7) is 3.16. The molecule has 0 fully saturated rings. The van der Waals surface area contributed by atoms with Crippen LogP contribution in [-0.2, 0) is 10.0 Å². The molecule has 0 aliphatic heterocycles. The number of benzene rings is 2. The Bertz CT molecular complexity index is 940. The molecule has 0 radical (unpaired) electrons. The van der Waals surface area contributed by atoms with Crippen molar-refractivity contribution in [3.63, 3.8) is 0 Å². The molecular weight excluding hydrogens is 405 g/mol. The molecule has 5 nitrogen and oxygen atoms in total. The lowest BCUT2D eigenvalue weighted by molar-refractivity contribution is -0.136. The van der Waals surface area contributed by atoms with Crippen molar-refractivity contribution in [1.82, 2.24) is 4.90 Å². The number of aryl methyl sites for hydroxylation is 1. The SMILES string of the molecule is CCN(CCC(F)(F)F)C(=O)c1ccc(N(C)S(=O)(=O)c2ccc(C)cc2)cc1. The molecule has 0 aromatic heterocycles. The van der Waals surface area contributed by atoms with Gasteiger partial charge in [-0.1, -0.05) is 17.7 Å². The summed E-state index contributed by atoms with van der Waals surface area (Å²) in [6.07, 6.45) is -5.42. The van der Waals surface area contributed by atoms with Crippen LogP contribution in [0.3, 0.4) is 0 Å². The lowest BCUT2D eigenvalue weighted by Crippen LogP contribution is -2.34. The number of anilines is 1. The molecule has 0 saturated carbocycles. The maximum atomic E-state index is 12.7. The summed E-state index contributed by atoms with van der Waals surface area (Å²) in [6, 6.07) is 12.2. The van der Waals surface area contributed by atoms with Crippen molar-refractivity contribution in [2.45, 2.75) is 31.3 Å². The number of carbonyl (C=O) groups is 1. The predicted octanol–water partition coefficient (Wildman–Crippen LogP) is 4.23. The zero-order chi connectivity index (χ0) is 21.8. The van der Waals surface area contributed by atoms with Crippen LogP contribution in [-0.4, -0.2) is 45.5 Å². The van der Waals surface area contributed by atoms with Crippen molar-refractivity contribution >= 4 is 21.6 Å². The number of alkyl halides is 3. The molecule has 0 aliphatic carbocycles. The molecule has 1 amide bonds. The van der Waals surface area contributed by atoms with Crippen molar-refractivity contribution in [3.05, 3.63) is 59.7 Å². The van der Waals surface area contributed by atoms with Gasteiger partial charge in [-0.2, -0.15) is 13.2 Å². The molecule has 0 unspecified atom stereocenters. The summed E-state index contributed by atoms with van der Waals surface area (Å²) in [5.74, 6) is -0.535. The zero-order valence-corrected chi connectivity index (χ0v) is 17.2. The van der Waals surface area contributed by atoms with Crippen LogP contribution in [0.15, 0.2) is 53.4 Å². The fraction of sp³-hybridized carbons (Fsp3) is 0.350. The number of carbonyl (C=O) groups excluding carboxylic acids is 1. The van der Waals surface area contributed by atoms with Crippen LogP contribution in [0.5, 0.6) is 0 Å². The Labute approximate surface area is 168 Å². The summed E-state index contributed by atoms with van der Waals surface area (Å²) >= 11 is 0. The second-order valence-electron chi connectivity index (χ2n) is 6.58. The van der Waals surface area contributed by atoms with E-state index in [9.17, 15) is 26.4 Å². The van der Waals surface area contributed by atoms with Gasteiger partial charge in [-0.05, 0) is 50.2 Å². The molecule has 0 atom stereocenters. The summed E-state index contributed by atoms with van der Waals surface area (Å²) < 4.78 is 63.9. The van der Waals surface area contributed by atoms with Gasteiger partial charge in [-0.15, -0.1) is 0 Å². The van der Waals surface area contributed by atoms with Gasteiger partial charge in [0.1, 0.15) is 0 Å². The van der Waals surface area contributed by atoms with E-state index in [2.05, 4.69) is 0 Å². The van der Waals surface area contributed by atoms with Gasteiger partial charge in [0.05, 0.1) is 17.0 Å². The quantitative estimate of drug-likeness (QED) is 0.663. The largest absolute Gasteiger partial charge is 0.390 e. The summed E-state index contributed by atoms with van der Waals surface area (Å²) in [4.78, 5) is 13.7. The Morgan fingerprint density at radius 3 is 2.03 bits per heavy atom. The normalized spacial score (nSPS) is 11.9. The van der Waals surface area contributed by atoms with Crippen molar-refractivity contribution in [3.8, 4) is 0 Å². The van der Waals surface area contributed by atoms with Gasteiger partial charge in [0, 0.05) is 25.7 Å². The highest BCUT2D eigenvalue weighted by Gasteiger charge is 2.29. The van der Waals surface area contributed by atoms with Crippen LogP contribution in [0, 0.1) is 6.92 Å². The number of nitrogens with zero attached hydrogens (tertiary/aromatic N) is 2. The van der Waals surface area contributed by atoms with E-state index < -0.39 is 35.1 Å². The van der Waals surface area contributed by atoms with E-state index in [-0.39, 0.29) is 17.0 Å². The number of hydrogen-bond donors (Lipinski definition) is 0. The number of rotatable bonds is 7. The minimum absolute atomic E-state index is 0.134. The average Bonchev–Trinajstić information content (AvgIpc) is 2.67. The van der Waals surface area contributed by atoms with E-state index in [0.29, 0.717) is 5.69 Å². The van der Waals surface area contributed by atoms with Crippen LogP contribution < -0.4 is 4.31 Å². The van der Waals surface area contributed by atoms with Crippen LogP contribution in [0.1, 0.15) is 29.3 Å². The van der Waals surface area contributed by atoms with E-state index in [1.165, 1.54) is 43.4 Å². The van der Waals surface area contributed by atoms with Gasteiger partial charge in [-0.3, -0.25) is 9.10 Å². The second-order valence-corrected chi connectivity index (χ2v) is 8.55. The molecule has 2 aromatic rings. The highest BCUT2D eigenvalue weighted by molar-refractivity contribution is 7.92. The molecule has 29 heavy (non-hydrogen) atoms. The summed E-state index contributed by atoms with van der Waals surface area (Å²) in [5, 5.41) is 0. The molecule has 9 heteroatoms. The van der Waals surface area contributed by atoms with Crippen LogP contribution in [0.4, 0.5) is 18.9 Å². The molecular formula is C20H23F3N2O3S. The van der Waals surface area contributed by atoms with E-state index >= 15 is 0 Å². The third-order valence-electron chi connectivity index (χ3n) is 4.49. The highest BCUT2D eigenvalue weighted by Crippen LogP contribution is 2.24. The van der Waals surface area contributed by atoms with Crippen molar-refractivity contribution in [2.75, 3.05) is 24.4 Å². The Morgan fingerprint density at radius 2 is 1.55 bits per heavy atom. The first-order valence-corrected chi connectivity index (χ1v) is 10.4. The molecule has 2 rings (SSSR count). The van der Waals surface area contributed by atoms with Gasteiger partial charge in [0.15, 0.2) is 0 Å². The molecule has 2 aromatic carbocycles. The molecule has 158 valence electrons. The van der Waals surface area contributed by atoms with Crippen LogP contribution in [0.2, 0.25) is 0 Å². The first-order chi connectivity index (χ1) is 13.5. The topological polar surface area (TPSA) is 57.7 Å². The van der Waals surface area contributed by atoms with Gasteiger partial charge in [-0.25, -0.2) is 8.42 Å². The fourth-order valence-electron chi connectivity index (χ4n) is 2.67. The Morgan fingerprint density at radius 1 is 1.00 bits per heavy atom. The third kappa shape index (κ3) is 5.72. The minimum Gasteiger partial charge on any atom is -0.339 e. The number of sulfonamides is 1. The maximum Gasteiger partial charge on any atom is 0.390 e. The van der Waals surface area contributed by atoms with E-state index in [1.807, 2.05) is 6.92 Å². The van der Waals surface area contributed by atoms with Gasteiger partial charge in [0.25, 0.3) is 15.9 Å². The Hall–Kier alpha value is -2.55. The second kappa shape index (κ2) is 8.86. The van der Waals surface area contributed by atoms with Gasteiger partial charge < -0.3 is 4.90 Å². The minimum atomic E-state index is -4.34. The monoisotopic (exact) mass is 428 g/mol. The first kappa shape index (κ1) is 22.7. The standard InChI is InChI=1S/C20H23F3N2O3S/c1-4-25(14-13-20(21,22)23)19(26)16-7-9-17(10-8-16)24(3)29(27,28)18-11-5-15(2)6-12-18/h5-12H,4,13-14H2,1-3H3. The zero-order valence-electron chi connectivity index (χ0n) is 16.4. The average molecular weight is 428 g/mol. The number of hydrogen-bond acceptors (Lipinski definition) is 3. The Balaban J connectivity index is 2.18. The first-order valence-electron chi connectivity index (χ1n) is 8.97. The lowest BCUT2D eigenvalue weighted by atomic mass is 10.1. The van der Waals surface area contributed by atoms with Gasteiger partial charge >= 0.3 is 6.18 Å². The van der Waals surface area contributed by atoms with Crippen LogP contribution in [0.25, 0.3) is 0 Å².